The van der Waals surface area contributed by atoms with E-state index in [-0.39, 0.29) is 18.5 Å². The molecule has 1 heterocycles. The van der Waals surface area contributed by atoms with Crippen molar-refractivity contribution in [3.8, 4) is 0 Å². The zero-order chi connectivity index (χ0) is 11.6. The Bertz CT molecular complexity index is 315. The average molecular weight is 227 g/mol. The molecule has 16 heavy (non-hydrogen) atoms. The van der Waals surface area contributed by atoms with Crippen molar-refractivity contribution in [1.29, 1.82) is 0 Å². The lowest BCUT2D eigenvalue weighted by molar-refractivity contribution is -0.173. The van der Waals surface area contributed by atoms with Crippen LogP contribution in [0.4, 0.5) is 0 Å². The van der Waals surface area contributed by atoms with Gasteiger partial charge in [-0.05, 0) is 19.8 Å². The van der Waals surface area contributed by atoms with Crippen molar-refractivity contribution in [3.05, 3.63) is 0 Å². The SMILES string of the molecule is COCCOC(=O)C12CCCC1C(C)=NO2. The van der Waals surface area contributed by atoms with Crippen LogP contribution in [-0.2, 0) is 19.1 Å². The van der Waals surface area contributed by atoms with Gasteiger partial charge in [0.1, 0.15) is 6.61 Å². The van der Waals surface area contributed by atoms with Gasteiger partial charge in [-0.2, -0.15) is 0 Å². The number of carbonyl (C=O) groups excluding carboxylic acids is 1. The first kappa shape index (κ1) is 11.4. The zero-order valence-electron chi connectivity index (χ0n) is 9.69. The van der Waals surface area contributed by atoms with Crippen molar-refractivity contribution >= 4 is 11.7 Å². The third-order valence-electron chi connectivity index (χ3n) is 3.33. The minimum Gasteiger partial charge on any atom is -0.460 e. The number of hydrogen-bond donors (Lipinski definition) is 0. The molecule has 0 spiro atoms. The number of oxime groups is 1. The lowest BCUT2D eigenvalue weighted by atomic mass is 9.88. The number of rotatable bonds is 4. The molecule has 2 rings (SSSR count). The number of fused-ring (bicyclic) bond motifs is 1. The summed E-state index contributed by atoms with van der Waals surface area (Å²) in [5.74, 6) is -0.199. The summed E-state index contributed by atoms with van der Waals surface area (Å²) in [4.78, 5) is 17.3. The van der Waals surface area contributed by atoms with Gasteiger partial charge in [-0.25, -0.2) is 4.79 Å². The van der Waals surface area contributed by atoms with E-state index < -0.39 is 5.60 Å². The van der Waals surface area contributed by atoms with Gasteiger partial charge in [-0.3, -0.25) is 0 Å². The summed E-state index contributed by atoms with van der Waals surface area (Å²) in [5, 5.41) is 3.93. The Labute approximate surface area is 94.7 Å². The van der Waals surface area contributed by atoms with E-state index in [1.807, 2.05) is 6.92 Å². The molecule has 0 bridgehead atoms. The summed E-state index contributed by atoms with van der Waals surface area (Å²) in [6, 6.07) is 0. The molecule has 1 aliphatic carbocycles. The van der Waals surface area contributed by atoms with Gasteiger partial charge >= 0.3 is 5.97 Å². The maximum atomic E-state index is 12.0. The van der Waals surface area contributed by atoms with Crippen molar-refractivity contribution < 1.29 is 19.1 Å². The molecule has 2 unspecified atom stereocenters. The third kappa shape index (κ3) is 1.69. The summed E-state index contributed by atoms with van der Waals surface area (Å²) in [7, 11) is 1.57. The van der Waals surface area contributed by atoms with Gasteiger partial charge in [0.25, 0.3) is 0 Å². The monoisotopic (exact) mass is 227 g/mol. The first-order valence-electron chi connectivity index (χ1n) is 5.59. The largest absolute Gasteiger partial charge is 0.460 e. The number of ether oxygens (including phenoxy) is 2. The topological polar surface area (TPSA) is 57.1 Å². The van der Waals surface area contributed by atoms with E-state index in [0.717, 1.165) is 18.6 Å². The minimum atomic E-state index is -0.835. The second-order valence-electron chi connectivity index (χ2n) is 4.29. The molecule has 1 saturated carbocycles. The van der Waals surface area contributed by atoms with Crippen molar-refractivity contribution in [2.24, 2.45) is 11.1 Å². The molecule has 1 fully saturated rings. The second-order valence-corrected chi connectivity index (χ2v) is 4.29. The standard InChI is InChI=1S/C11H17NO4/c1-8-9-4-3-5-11(9,16-12-8)10(13)15-7-6-14-2/h9H,3-7H2,1-2H3. The second kappa shape index (κ2) is 4.41. The summed E-state index contributed by atoms with van der Waals surface area (Å²) in [5.41, 5.74) is 0.0684. The Morgan fingerprint density at radius 2 is 2.44 bits per heavy atom. The van der Waals surface area contributed by atoms with Gasteiger partial charge in [0.2, 0.25) is 5.60 Å². The van der Waals surface area contributed by atoms with Crippen LogP contribution in [0.25, 0.3) is 0 Å². The van der Waals surface area contributed by atoms with Gasteiger partial charge < -0.3 is 14.3 Å². The highest BCUT2D eigenvalue weighted by Crippen LogP contribution is 2.44. The van der Waals surface area contributed by atoms with E-state index >= 15 is 0 Å². The predicted molar refractivity (Wildman–Crippen MR) is 57.1 cm³/mol. The first-order chi connectivity index (χ1) is 7.70. The van der Waals surface area contributed by atoms with E-state index in [4.69, 9.17) is 14.3 Å². The Balaban J connectivity index is 2.00. The number of nitrogens with zero attached hydrogens (tertiary/aromatic N) is 1. The quantitative estimate of drug-likeness (QED) is 0.533. The molecule has 0 amide bonds. The van der Waals surface area contributed by atoms with Crippen LogP contribution >= 0.6 is 0 Å². The van der Waals surface area contributed by atoms with Crippen LogP contribution in [0, 0.1) is 5.92 Å². The van der Waals surface area contributed by atoms with Crippen molar-refractivity contribution in [2.45, 2.75) is 31.8 Å². The minimum absolute atomic E-state index is 0.0996. The molecule has 0 aromatic heterocycles. The summed E-state index contributed by atoms with van der Waals surface area (Å²) < 4.78 is 10.00. The summed E-state index contributed by atoms with van der Waals surface area (Å²) >= 11 is 0. The van der Waals surface area contributed by atoms with Gasteiger partial charge in [0, 0.05) is 13.5 Å². The van der Waals surface area contributed by atoms with Gasteiger partial charge in [0.05, 0.1) is 18.2 Å². The maximum Gasteiger partial charge on any atom is 0.354 e. The first-order valence-corrected chi connectivity index (χ1v) is 5.59. The average Bonchev–Trinajstić information content (AvgIpc) is 2.81. The third-order valence-corrected chi connectivity index (χ3v) is 3.33. The maximum absolute atomic E-state index is 12.0. The van der Waals surface area contributed by atoms with Crippen LogP contribution in [0.5, 0.6) is 0 Å². The molecule has 90 valence electrons. The van der Waals surface area contributed by atoms with Gasteiger partial charge in [-0.15, -0.1) is 0 Å². The molecule has 5 nitrogen and oxygen atoms in total. The highest BCUT2D eigenvalue weighted by molar-refractivity contribution is 5.95. The van der Waals surface area contributed by atoms with E-state index in [0.29, 0.717) is 13.0 Å². The van der Waals surface area contributed by atoms with Crippen LogP contribution in [0.3, 0.4) is 0 Å². The summed E-state index contributed by atoms with van der Waals surface area (Å²) in [6.07, 6.45) is 2.63. The van der Waals surface area contributed by atoms with Crippen molar-refractivity contribution in [3.63, 3.8) is 0 Å². The van der Waals surface area contributed by atoms with Gasteiger partial charge in [0.15, 0.2) is 0 Å². The molecular formula is C11H17NO4. The molecule has 2 aliphatic rings. The lowest BCUT2D eigenvalue weighted by Gasteiger charge is -2.24. The fraction of sp³-hybridized carbons (Fsp3) is 0.818. The smallest absolute Gasteiger partial charge is 0.354 e. The lowest BCUT2D eigenvalue weighted by Crippen LogP contribution is -2.44. The van der Waals surface area contributed by atoms with Crippen LogP contribution in [0.1, 0.15) is 26.2 Å². The fourth-order valence-electron chi connectivity index (χ4n) is 2.47. The Morgan fingerprint density at radius 3 is 3.19 bits per heavy atom. The van der Waals surface area contributed by atoms with Crippen LogP contribution in [0.2, 0.25) is 0 Å². The molecule has 1 aliphatic heterocycles. The fourth-order valence-corrected chi connectivity index (χ4v) is 2.47. The molecule has 0 radical (unpaired) electrons. The molecule has 5 heteroatoms. The number of carbonyl (C=O) groups is 1. The van der Waals surface area contributed by atoms with Crippen LogP contribution in [-0.4, -0.2) is 37.6 Å². The van der Waals surface area contributed by atoms with E-state index in [2.05, 4.69) is 5.16 Å². The Kier molecular flexibility index (Phi) is 3.14. The predicted octanol–water partition coefficient (Wildman–Crippen LogP) is 1.12. The van der Waals surface area contributed by atoms with Crippen LogP contribution in [0.15, 0.2) is 5.16 Å². The van der Waals surface area contributed by atoms with Crippen molar-refractivity contribution in [2.75, 3.05) is 20.3 Å². The molecule has 0 N–H and O–H groups in total. The molecule has 0 aromatic carbocycles. The van der Waals surface area contributed by atoms with E-state index in [1.54, 1.807) is 7.11 Å². The zero-order valence-corrected chi connectivity index (χ0v) is 9.69. The number of methoxy groups -OCH3 is 1. The van der Waals surface area contributed by atoms with Gasteiger partial charge in [-0.1, -0.05) is 5.16 Å². The number of esters is 1. The summed E-state index contributed by atoms with van der Waals surface area (Å²) in [6.45, 7) is 2.58. The highest BCUT2D eigenvalue weighted by Gasteiger charge is 2.57. The van der Waals surface area contributed by atoms with E-state index in [9.17, 15) is 4.79 Å². The molecule has 0 saturated heterocycles. The van der Waals surface area contributed by atoms with Crippen molar-refractivity contribution in [1.82, 2.24) is 0 Å². The Hall–Kier alpha value is -1.10. The normalized spacial score (nSPS) is 31.9. The molecule has 0 aromatic rings. The van der Waals surface area contributed by atoms with E-state index in [1.165, 1.54) is 0 Å². The molecular weight excluding hydrogens is 210 g/mol. The number of hydrogen-bond acceptors (Lipinski definition) is 5. The Morgan fingerprint density at radius 1 is 1.62 bits per heavy atom. The molecule has 2 atom stereocenters. The highest BCUT2D eigenvalue weighted by atomic mass is 16.7. The van der Waals surface area contributed by atoms with Crippen LogP contribution < -0.4 is 0 Å².